The average molecular weight is 606 g/mol. The SMILES string of the molecule is Cc1cnc(CC2CCC(N[C@@H](C)CO[C@H](C)C(=O)OC(C)(C)C)CC2)cc1-c1cccc(NCC2(C#N)CCOCC2)n1. The molecule has 9 heteroatoms. The molecule has 2 aromatic rings. The number of hydrogen-bond donors (Lipinski definition) is 2. The first-order chi connectivity index (χ1) is 20.9. The smallest absolute Gasteiger partial charge is 0.335 e. The predicted molar refractivity (Wildman–Crippen MR) is 172 cm³/mol. The Morgan fingerprint density at radius 2 is 1.91 bits per heavy atom. The molecule has 1 aliphatic carbocycles. The van der Waals surface area contributed by atoms with Crippen LogP contribution in [0.3, 0.4) is 0 Å². The van der Waals surface area contributed by atoms with Gasteiger partial charge >= 0.3 is 5.97 Å². The molecule has 1 saturated carbocycles. The topological polar surface area (TPSA) is 118 Å². The lowest BCUT2D eigenvalue weighted by Gasteiger charge is -2.31. The summed E-state index contributed by atoms with van der Waals surface area (Å²) in [5.74, 6) is 1.06. The molecule has 2 N–H and O–H groups in total. The van der Waals surface area contributed by atoms with E-state index in [1.165, 1.54) is 0 Å². The maximum absolute atomic E-state index is 12.2. The van der Waals surface area contributed by atoms with Crippen molar-refractivity contribution in [2.75, 3.05) is 31.7 Å². The number of nitrogens with zero attached hydrogens (tertiary/aromatic N) is 3. The fourth-order valence-corrected chi connectivity index (χ4v) is 6.01. The van der Waals surface area contributed by atoms with Gasteiger partial charge in [0.15, 0.2) is 6.10 Å². The van der Waals surface area contributed by atoms with Gasteiger partial charge in [0.1, 0.15) is 11.4 Å². The van der Waals surface area contributed by atoms with Crippen LogP contribution in [0.5, 0.6) is 0 Å². The summed E-state index contributed by atoms with van der Waals surface area (Å²) in [6.07, 6.45) is 8.34. The number of nitrogens with one attached hydrogen (secondary N) is 2. The third-order valence-electron chi connectivity index (χ3n) is 8.68. The fraction of sp³-hybridized carbons (Fsp3) is 0.657. The zero-order valence-electron chi connectivity index (χ0n) is 27.4. The van der Waals surface area contributed by atoms with E-state index in [1.54, 1.807) is 6.92 Å². The second-order valence-corrected chi connectivity index (χ2v) is 13.8. The molecule has 0 radical (unpaired) electrons. The van der Waals surface area contributed by atoms with E-state index >= 15 is 0 Å². The molecule has 2 aliphatic rings. The van der Waals surface area contributed by atoms with Crippen LogP contribution in [0.25, 0.3) is 11.3 Å². The molecule has 240 valence electrons. The third kappa shape index (κ3) is 9.98. The zero-order chi connectivity index (χ0) is 31.7. The van der Waals surface area contributed by atoms with Crippen LogP contribution in [0.4, 0.5) is 5.82 Å². The van der Waals surface area contributed by atoms with Crippen molar-refractivity contribution in [2.24, 2.45) is 11.3 Å². The number of ether oxygens (including phenoxy) is 3. The Morgan fingerprint density at radius 1 is 1.18 bits per heavy atom. The largest absolute Gasteiger partial charge is 0.458 e. The number of rotatable bonds is 12. The van der Waals surface area contributed by atoms with Crippen molar-refractivity contribution in [3.8, 4) is 17.3 Å². The van der Waals surface area contributed by atoms with Gasteiger partial charge in [0.25, 0.3) is 0 Å². The van der Waals surface area contributed by atoms with Gasteiger partial charge in [-0.3, -0.25) is 4.98 Å². The van der Waals surface area contributed by atoms with Crippen LogP contribution in [0.15, 0.2) is 30.5 Å². The Kier molecular flexibility index (Phi) is 11.8. The highest BCUT2D eigenvalue weighted by Crippen LogP contribution is 2.31. The van der Waals surface area contributed by atoms with Crippen LogP contribution in [0.1, 0.15) is 84.4 Å². The van der Waals surface area contributed by atoms with Crippen LogP contribution in [0.2, 0.25) is 0 Å². The number of aromatic nitrogens is 2. The molecule has 0 spiro atoms. The van der Waals surface area contributed by atoms with E-state index in [0.29, 0.717) is 38.3 Å². The van der Waals surface area contributed by atoms with E-state index in [0.717, 1.165) is 73.3 Å². The van der Waals surface area contributed by atoms with Crippen molar-refractivity contribution in [3.63, 3.8) is 0 Å². The number of hydrogen-bond acceptors (Lipinski definition) is 9. The lowest BCUT2D eigenvalue weighted by atomic mass is 9.82. The molecule has 2 aromatic heterocycles. The summed E-state index contributed by atoms with van der Waals surface area (Å²) >= 11 is 0. The Morgan fingerprint density at radius 3 is 2.59 bits per heavy atom. The quantitative estimate of drug-likeness (QED) is 0.280. The lowest BCUT2D eigenvalue weighted by Crippen LogP contribution is -2.42. The standard InChI is InChI=1S/C35H51N5O4/c1-24-20-37-29(19-30(24)31-8-7-9-32(40-31)38-23-35(22-36)14-16-42-17-15-35)18-27-10-12-28(13-11-27)39-25(2)21-43-26(3)33(41)44-34(4,5)6/h7-9,19-20,25-28,39H,10-18,21,23H2,1-6H3,(H,38,40)/t25-,26+,27?,28?/m0/s1. The van der Waals surface area contributed by atoms with Crippen molar-refractivity contribution in [1.82, 2.24) is 15.3 Å². The van der Waals surface area contributed by atoms with Gasteiger partial charge in [-0.2, -0.15) is 5.26 Å². The second kappa shape index (κ2) is 15.3. The predicted octanol–water partition coefficient (Wildman–Crippen LogP) is 6.01. The molecular weight excluding hydrogens is 554 g/mol. The maximum atomic E-state index is 12.2. The molecule has 0 unspecified atom stereocenters. The molecule has 0 amide bonds. The molecule has 0 bridgehead atoms. The maximum Gasteiger partial charge on any atom is 0.335 e. The first kappa shape index (κ1) is 33.8. The molecule has 1 saturated heterocycles. The lowest BCUT2D eigenvalue weighted by molar-refractivity contribution is -0.167. The van der Waals surface area contributed by atoms with Crippen LogP contribution in [-0.2, 0) is 25.4 Å². The number of nitriles is 1. The third-order valence-corrected chi connectivity index (χ3v) is 8.68. The minimum Gasteiger partial charge on any atom is -0.458 e. The molecule has 2 fully saturated rings. The highest BCUT2D eigenvalue weighted by Gasteiger charge is 2.32. The summed E-state index contributed by atoms with van der Waals surface area (Å²) < 4.78 is 16.7. The highest BCUT2D eigenvalue weighted by molar-refractivity contribution is 5.74. The van der Waals surface area contributed by atoms with Gasteiger partial charge in [-0.1, -0.05) is 6.07 Å². The molecule has 1 aliphatic heterocycles. The van der Waals surface area contributed by atoms with Gasteiger partial charge in [0, 0.05) is 49.3 Å². The van der Waals surface area contributed by atoms with Gasteiger partial charge in [0.05, 0.1) is 23.8 Å². The number of carbonyl (C=O) groups excluding carboxylic acids is 1. The fourth-order valence-electron chi connectivity index (χ4n) is 6.01. The van der Waals surface area contributed by atoms with Crippen molar-refractivity contribution in [2.45, 2.75) is 110 Å². The van der Waals surface area contributed by atoms with Gasteiger partial charge in [-0.15, -0.1) is 0 Å². The van der Waals surface area contributed by atoms with E-state index in [1.807, 2.05) is 45.2 Å². The van der Waals surface area contributed by atoms with Crippen molar-refractivity contribution >= 4 is 11.8 Å². The van der Waals surface area contributed by atoms with E-state index in [9.17, 15) is 10.1 Å². The minimum atomic E-state index is -0.581. The highest BCUT2D eigenvalue weighted by atomic mass is 16.6. The van der Waals surface area contributed by atoms with E-state index in [-0.39, 0.29) is 12.0 Å². The molecular formula is C35H51N5O4. The molecule has 4 rings (SSSR count). The zero-order valence-corrected chi connectivity index (χ0v) is 27.4. The number of anilines is 1. The number of pyridine rings is 2. The van der Waals surface area contributed by atoms with Gasteiger partial charge in [-0.25, -0.2) is 9.78 Å². The van der Waals surface area contributed by atoms with Gasteiger partial charge in [0.2, 0.25) is 0 Å². The van der Waals surface area contributed by atoms with E-state index in [2.05, 4.69) is 36.6 Å². The van der Waals surface area contributed by atoms with Crippen molar-refractivity contribution in [1.29, 1.82) is 5.26 Å². The second-order valence-electron chi connectivity index (χ2n) is 13.8. The number of carbonyl (C=O) groups is 1. The summed E-state index contributed by atoms with van der Waals surface area (Å²) in [5, 5.41) is 16.9. The van der Waals surface area contributed by atoms with Crippen LogP contribution >= 0.6 is 0 Å². The van der Waals surface area contributed by atoms with Crippen molar-refractivity contribution < 1.29 is 19.0 Å². The summed E-state index contributed by atoms with van der Waals surface area (Å²) in [6.45, 7) is 13.8. The van der Waals surface area contributed by atoms with Gasteiger partial charge < -0.3 is 24.8 Å². The number of aryl methyl sites for hydroxylation is 1. The van der Waals surface area contributed by atoms with Crippen LogP contribution < -0.4 is 10.6 Å². The van der Waals surface area contributed by atoms with Gasteiger partial charge in [-0.05, 0) is 116 Å². The Balaban J connectivity index is 1.26. The molecule has 3 heterocycles. The number of esters is 1. The average Bonchev–Trinajstić information content (AvgIpc) is 3.00. The summed E-state index contributed by atoms with van der Waals surface area (Å²) in [7, 11) is 0. The molecule has 44 heavy (non-hydrogen) atoms. The van der Waals surface area contributed by atoms with E-state index in [4.69, 9.17) is 24.2 Å². The Bertz CT molecular complexity index is 1270. The van der Waals surface area contributed by atoms with Crippen molar-refractivity contribution in [3.05, 3.63) is 41.7 Å². The summed E-state index contributed by atoms with van der Waals surface area (Å²) in [6, 6.07) is 11.3. The molecule has 0 aromatic carbocycles. The first-order valence-electron chi connectivity index (χ1n) is 16.2. The Hall–Kier alpha value is -3.06. The first-order valence-corrected chi connectivity index (χ1v) is 16.2. The Labute approximate surface area is 263 Å². The van der Waals surface area contributed by atoms with Crippen LogP contribution in [-0.4, -0.2) is 66.1 Å². The molecule has 2 atom stereocenters. The minimum absolute atomic E-state index is 0.155. The monoisotopic (exact) mass is 605 g/mol. The normalized spacial score (nSPS) is 21.6. The molecule has 9 nitrogen and oxygen atoms in total. The summed E-state index contributed by atoms with van der Waals surface area (Å²) in [5.41, 5.74) is 3.30. The van der Waals surface area contributed by atoms with E-state index < -0.39 is 17.1 Å². The van der Waals surface area contributed by atoms with Crippen LogP contribution in [0, 0.1) is 29.6 Å². The summed E-state index contributed by atoms with van der Waals surface area (Å²) in [4.78, 5) is 21.9.